The number of rotatable bonds is 9. The molecule has 0 bridgehead atoms. The third kappa shape index (κ3) is 6.45. The highest BCUT2D eigenvalue weighted by atomic mass is 32.2. The molecule has 1 fully saturated rings. The highest BCUT2D eigenvalue weighted by Gasteiger charge is 2.32. The molecule has 4 aromatic carbocycles. The van der Waals surface area contributed by atoms with Gasteiger partial charge in [0, 0.05) is 35.4 Å². The summed E-state index contributed by atoms with van der Waals surface area (Å²) in [6.45, 7) is 0.494. The Balaban J connectivity index is 1.25. The molecule has 2 heterocycles. The number of aliphatic hydroxyl groups excluding tert-OH is 1. The molecule has 0 aliphatic carbocycles. The van der Waals surface area contributed by atoms with Gasteiger partial charge >= 0.3 is 0 Å². The highest BCUT2D eigenvalue weighted by Crippen LogP contribution is 2.41. The van der Waals surface area contributed by atoms with Crippen LogP contribution in [0.2, 0.25) is 0 Å². The zero-order chi connectivity index (χ0) is 28.0. The Labute approximate surface area is 244 Å². The van der Waals surface area contributed by atoms with E-state index in [1.54, 1.807) is 11.8 Å². The second-order valence-electron chi connectivity index (χ2n) is 10.00. The predicted molar refractivity (Wildman–Crippen MR) is 161 cm³/mol. The van der Waals surface area contributed by atoms with E-state index in [2.05, 4.69) is 0 Å². The number of hydrogen-bond acceptors (Lipinski definition) is 7. The summed E-state index contributed by atoms with van der Waals surface area (Å²) in [5.41, 5.74) is 12.6. The number of nitrogens with two attached hydrogens (primary N) is 1. The van der Waals surface area contributed by atoms with Gasteiger partial charge in [0.15, 0.2) is 12.1 Å². The normalized spacial score (nSPS) is 18.8. The molecule has 41 heavy (non-hydrogen) atoms. The molecule has 1 aliphatic heterocycles. The first-order valence-corrected chi connectivity index (χ1v) is 14.7. The molecule has 1 aliphatic rings. The number of oxazole rings is 1. The number of nitrogens with zero attached hydrogens (tertiary/aromatic N) is 1. The van der Waals surface area contributed by atoms with E-state index in [-0.39, 0.29) is 18.8 Å². The first-order chi connectivity index (χ1) is 20.2. The Morgan fingerprint density at radius 1 is 0.756 bits per heavy atom. The van der Waals surface area contributed by atoms with Gasteiger partial charge in [0.2, 0.25) is 0 Å². The van der Waals surface area contributed by atoms with E-state index in [0.717, 1.165) is 44.8 Å². The van der Waals surface area contributed by atoms with Crippen molar-refractivity contribution in [2.45, 2.75) is 43.3 Å². The van der Waals surface area contributed by atoms with Crippen LogP contribution in [0.3, 0.4) is 0 Å². The molecule has 0 radical (unpaired) electrons. The molecule has 7 heteroatoms. The summed E-state index contributed by atoms with van der Waals surface area (Å²) in [6, 6.07) is 36.1. The van der Waals surface area contributed by atoms with Crippen molar-refractivity contribution in [1.82, 2.24) is 4.98 Å². The van der Waals surface area contributed by atoms with Gasteiger partial charge in [-0.1, -0.05) is 121 Å². The lowest BCUT2D eigenvalue weighted by Crippen LogP contribution is -2.31. The maximum absolute atomic E-state index is 9.48. The minimum absolute atomic E-state index is 0.0103. The molecule has 0 spiro atoms. The number of aliphatic hydroxyl groups is 1. The van der Waals surface area contributed by atoms with Crippen molar-refractivity contribution in [3.05, 3.63) is 131 Å². The largest absolute Gasteiger partial charge is 0.431 e. The van der Waals surface area contributed by atoms with E-state index in [1.165, 1.54) is 0 Å². The first-order valence-electron chi connectivity index (χ1n) is 13.7. The van der Waals surface area contributed by atoms with Crippen LogP contribution in [0.1, 0.15) is 41.1 Å². The van der Waals surface area contributed by atoms with Gasteiger partial charge in [0.25, 0.3) is 5.22 Å². The molecule has 208 valence electrons. The third-order valence-electron chi connectivity index (χ3n) is 7.19. The van der Waals surface area contributed by atoms with Gasteiger partial charge in [0.1, 0.15) is 5.69 Å². The first kappa shape index (κ1) is 27.4. The van der Waals surface area contributed by atoms with Gasteiger partial charge in [0.05, 0.1) is 18.8 Å². The van der Waals surface area contributed by atoms with Crippen molar-refractivity contribution in [3.63, 3.8) is 0 Å². The smallest absolute Gasteiger partial charge is 0.256 e. The Hall–Kier alpha value is -3.72. The van der Waals surface area contributed by atoms with Crippen molar-refractivity contribution in [2.75, 3.05) is 5.75 Å². The fourth-order valence-corrected chi connectivity index (χ4v) is 5.78. The Bertz CT molecular complexity index is 1430. The third-order valence-corrected chi connectivity index (χ3v) is 8.15. The van der Waals surface area contributed by atoms with Gasteiger partial charge in [-0.05, 0) is 16.7 Å². The highest BCUT2D eigenvalue weighted by molar-refractivity contribution is 7.99. The van der Waals surface area contributed by atoms with Crippen molar-refractivity contribution >= 4 is 11.8 Å². The van der Waals surface area contributed by atoms with E-state index < -0.39 is 6.29 Å². The number of thioether (sulfide) groups is 1. The predicted octanol–water partition coefficient (Wildman–Crippen LogP) is 7.30. The van der Waals surface area contributed by atoms with E-state index in [9.17, 15) is 5.11 Å². The van der Waals surface area contributed by atoms with Crippen LogP contribution in [0.25, 0.3) is 22.6 Å². The molecule has 0 saturated carbocycles. The van der Waals surface area contributed by atoms with Gasteiger partial charge in [-0.15, -0.1) is 0 Å². The molecule has 1 saturated heterocycles. The van der Waals surface area contributed by atoms with Gasteiger partial charge in [-0.3, -0.25) is 0 Å². The zero-order valence-electron chi connectivity index (χ0n) is 22.6. The minimum Gasteiger partial charge on any atom is -0.431 e. The lowest BCUT2D eigenvalue weighted by molar-refractivity contribution is -0.245. The summed E-state index contributed by atoms with van der Waals surface area (Å²) < 4.78 is 19.3. The van der Waals surface area contributed by atoms with Crippen LogP contribution in [0.15, 0.2) is 119 Å². The molecule has 0 unspecified atom stereocenters. The maximum Gasteiger partial charge on any atom is 0.256 e. The minimum atomic E-state index is -0.520. The standard InChI is InChI=1S/C34H32N2O4S/c35-20-23-11-17-28(18-12-23)33-38-29(19-30(39-33)25-15-13-24(21-37)14-16-25)22-41-34-36-31(26-7-3-1-4-8-26)32(40-34)27-9-5-2-6-10-27/h1-18,29-30,33,37H,19-22,35H2/t29-,30+,33+/m1/s1. The number of benzene rings is 4. The van der Waals surface area contributed by atoms with Crippen molar-refractivity contribution in [1.29, 1.82) is 0 Å². The summed E-state index contributed by atoms with van der Waals surface area (Å²) in [5.74, 6) is 1.40. The molecular weight excluding hydrogens is 532 g/mol. The fourth-order valence-electron chi connectivity index (χ4n) is 4.94. The SMILES string of the molecule is NCc1ccc([C@H]2O[C@@H](CSc3nc(-c4ccccc4)c(-c4ccccc4)o3)C[C@@H](c3ccc(CO)cc3)O2)cc1. The van der Waals surface area contributed by atoms with Crippen LogP contribution in [0.5, 0.6) is 0 Å². The molecule has 5 aromatic rings. The molecule has 6 nitrogen and oxygen atoms in total. The topological polar surface area (TPSA) is 90.7 Å². The summed E-state index contributed by atoms with van der Waals surface area (Å²) in [6.07, 6.45) is -0.109. The van der Waals surface area contributed by atoms with Crippen LogP contribution in [-0.2, 0) is 22.6 Å². The average molecular weight is 565 g/mol. The van der Waals surface area contributed by atoms with Gasteiger partial charge in [-0.2, -0.15) is 0 Å². The van der Waals surface area contributed by atoms with E-state index >= 15 is 0 Å². The van der Waals surface area contributed by atoms with Crippen LogP contribution in [0.4, 0.5) is 0 Å². The second kappa shape index (κ2) is 12.9. The molecule has 0 amide bonds. The van der Waals surface area contributed by atoms with Crippen LogP contribution < -0.4 is 5.73 Å². The molecule has 1 aromatic heterocycles. The molecule has 3 N–H and O–H groups in total. The van der Waals surface area contributed by atoms with Crippen LogP contribution in [-0.4, -0.2) is 21.9 Å². The van der Waals surface area contributed by atoms with Gasteiger partial charge < -0.3 is 24.7 Å². The van der Waals surface area contributed by atoms with Crippen molar-refractivity contribution in [3.8, 4) is 22.6 Å². The van der Waals surface area contributed by atoms with Crippen molar-refractivity contribution < 1.29 is 19.0 Å². The molecular formula is C34H32N2O4S. The van der Waals surface area contributed by atoms with Gasteiger partial charge in [-0.25, -0.2) is 4.98 Å². The summed E-state index contributed by atoms with van der Waals surface area (Å²) in [7, 11) is 0. The summed E-state index contributed by atoms with van der Waals surface area (Å²) in [5, 5.41) is 10.1. The molecule has 3 atom stereocenters. The lowest BCUT2D eigenvalue weighted by Gasteiger charge is -2.36. The number of hydrogen-bond donors (Lipinski definition) is 2. The van der Waals surface area contributed by atoms with Crippen molar-refractivity contribution in [2.24, 2.45) is 5.73 Å². The Morgan fingerprint density at radius 2 is 1.39 bits per heavy atom. The van der Waals surface area contributed by atoms with E-state index in [0.29, 0.717) is 23.9 Å². The monoisotopic (exact) mass is 564 g/mol. The van der Waals surface area contributed by atoms with Crippen LogP contribution in [0, 0.1) is 0 Å². The number of aromatic nitrogens is 1. The quantitative estimate of drug-likeness (QED) is 0.182. The summed E-state index contributed by atoms with van der Waals surface area (Å²) >= 11 is 1.55. The van der Waals surface area contributed by atoms with E-state index in [4.69, 9.17) is 24.6 Å². The fraction of sp³-hybridized carbons (Fsp3) is 0.206. The maximum atomic E-state index is 9.48. The summed E-state index contributed by atoms with van der Waals surface area (Å²) in [4.78, 5) is 4.91. The Kier molecular flexibility index (Phi) is 8.60. The molecule has 6 rings (SSSR count). The number of ether oxygens (including phenoxy) is 2. The zero-order valence-corrected chi connectivity index (χ0v) is 23.4. The lowest BCUT2D eigenvalue weighted by atomic mass is 10.0. The second-order valence-corrected chi connectivity index (χ2v) is 11.0. The van der Waals surface area contributed by atoms with Crippen LogP contribution >= 0.6 is 11.8 Å². The van der Waals surface area contributed by atoms with E-state index in [1.807, 2.05) is 109 Å². The average Bonchev–Trinajstić information content (AvgIpc) is 3.49. The Morgan fingerprint density at radius 3 is 2.05 bits per heavy atom.